The minimum Gasteiger partial charge on any atom is -0.493 e. The molecule has 1 N–H and O–H groups in total. The summed E-state index contributed by atoms with van der Waals surface area (Å²) in [6.45, 7) is 2.65. The van der Waals surface area contributed by atoms with E-state index >= 15 is 0 Å². The van der Waals surface area contributed by atoms with Crippen LogP contribution in [0.15, 0.2) is 73.1 Å². The van der Waals surface area contributed by atoms with Crippen LogP contribution in [-0.2, 0) is 6.61 Å². The molecule has 1 heterocycles. The molecule has 0 saturated heterocycles. The van der Waals surface area contributed by atoms with Crippen molar-refractivity contribution in [3.63, 3.8) is 0 Å². The van der Waals surface area contributed by atoms with Gasteiger partial charge in [0.05, 0.1) is 18.3 Å². The monoisotopic (exact) mass is 413 g/mol. The van der Waals surface area contributed by atoms with E-state index in [0.717, 1.165) is 34.3 Å². The predicted octanol–water partition coefficient (Wildman–Crippen LogP) is 5.80. The summed E-state index contributed by atoms with van der Waals surface area (Å²) in [7, 11) is 3.59. The standard InChI is InChI=1S/C26H27N3O2/c1-4-21(19-10-12-20(27-2)13-11-19)26-22-14-24(30-3)25(15-23(22)28-17-29-26)31-16-18-8-6-5-7-9-18/h5-15,17,21,27H,4,16H2,1-3H3. The summed E-state index contributed by atoms with van der Waals surface area (Å²) >= 11 is 0. The third-order valence-corrected chi connectivity index (χ3v) is 5.53. The topological polar surface area (TPSA) is 56.3 Å². The van der Waals surface area contributed by atoms with E-state index in [1.54, 1.807) is 13.4 Å². The molecular formula is C26H27N3O2. The lowest BCUT2D eigenvalue weighted by molar-refractivity contribution is 0.285. The van der Waals surface area contributed by atoms with Gasteiger partial charge in [0.25, 0.3) is 0 Å². The fourth-order valence-electron chi connectivity index (χ4n) is 3.84. The van der Waals surface area contributed by atoms with Gasteiger partial charge in [0, 0.05) is 30.1 Å². The number of hydrogen-bond acceptors (Lipinski definition) is 5. The highest BCUT2D eigenvalue weighted by Gasteiger charge is 2.19. The van der Waals surface area contributed by atoms with Gasteiger partial charge in [-0.3, -0.25) is 0 Å². The van der Waals surface area contributed by atoms with Crippen LogP contribution < -0.4 is 14.8 Å². The molecule has 1 aromatic heterocycles. The van der Waals surface area contributed by atoms with E-state index in [1.165, 1.54) is 5.56 Å². The van der Waals surface area contributed by atoms with Crippen molar-refractivity contribution in [2.45, 2.75) is 25.9 Å². The fourth-order valence-corrected chi connectivity index (χ4v) is 3.84. The van der Waals surface area contributed by atoms with Gasteiger partial charge < -0.3 is 14.8 Å². The van der Waals surface area contributed by atoms with Gasteiger partial charge in [-0.15, -0.1) is 0 Å². The first-order valence-electron chi connectivity index (χ1n) is 10.5. The number of ether oxygens (including phenoxy) is 2. The van der Waals surface area contributed by atoms with Crippen LogP contribution in [-0.4, -0.2) is 24.1 Å². The molecule has 0 saturated carbocycles. The normalized spacial score (nSPS) is 11.8. The molecule has 0 aliphatic heterocycles. The predicted molar refractivity (Wildman–Crippen MR) is 125 cm³/mol. The summed E-state index contributed by atoms with van der Waals surface area (Å²) in [4.78, 5) is 9.19. The van der Waals surface area contributed by atoms with E-state index in [0.29, 0.717) is 18.1 Å². The zero-order valence-electron chi connectivity index (χ0n) is 18.1. The summed E-state index contributed by atoms with van der Waals surface area (Å²) in [6, 6.07) is 22.5. The first-order valence-corrected chi connectivity index (χ1v) is 10.5. The van der Waals surface area contributed by atoms with E-state index in [4.69, 9.17) is 9.47 Å². The van der Waals surface area contributed by atoms with Gasteiger partial charge in [0.1, 0.15) is 12.9 Å². The van der Waals surface area contributed by atoms with Crippen LogP contribution in [0.5, 0.6) is 11.5 Å². The first kappa shape index (κ1) is 20.7. The molecule has 0 radical (unpaired) electrons. The van der Waals surface area contributed by atoms with Crippen molar-refractivity contribution >= 4 is 16.6 Å². The smallest absolute Gasteiger partial charge is 0.163 e. The average molecular weight is 414 g/mol. The van der Waals surface area contributed by atoms with Gasteiger partial charge in [-0.25, -0.2) is 9.97 Å². The van der Waals surface area contributed by atoms with Crippen molar-refractivity contribution in [2.24, 2.45) is 0 Å². The van der Waals surface area contributed by atoms with Crippen LogP contribution in [0.4, 0.5) is 5.69 Å². The van der Waals surface area contributed by atoms with Gasteiger partial charge in [-0.1, -0.05) is 49.4 Å². The molecule has 0 aliphatic rings. The SMILES string of the molecule is CCC(c1ccc(NC)cc1)c1ncnc2cc(OCc3ccccc3)c(OC)cc12. The zero-order valence-corrected chi connectivity index (χ0v) is 18.1. The molecule has 0 aliphatic carbocycles. The van der Waals surface area contributed by atoms with E-state index < -0.39 is 0 Å². The van der Waals surface area contributed by atoms with Crippen molar-refractivity contribution in [1.29, 1.82) is 0 Å². The van der Waals surface area contributed by atoms with Gasteiger partial charge in [0.2, 0.25) is 0 Å². The number of nitrogens with one attached hydrogen (secondary N) is 1. The van der Waals surface area contributed by atoms with Crippen LogP contribution in [0.1, 0.15) is 36.1 Å². The van der Waals surface area contributed by atoms with E-state index in [1.807, 2.05) is 49.5 Å². The van der Waals surface area contributed by atoms with E-state index in [9.17, 15) is 0 Å². The molecule has 0 spiro atoms. The summed E-state index contributed by atoms with van der Waals surface area (Å²) in [6.07, 6.45) is 2.56. The van der Waals surface area contributed by atoms with Crippen molar-refractivity contribution in [1.82, 2.24) is 9.97 Å². The van der Waals surface area contributed by atoms with Crippen molar-refractivity contribution < 1.29 is 9.47 Å². The lowest BCUT2D eigenvalue weighted by atomic mass is 9.90. The number of hydrogen-bond donors (Lipinski definition) is 1. The second-order valence-electron chi connectivity index (χ2n) is 7.39. The zero-order chi connectivity index (χ0) is 21.6. The van der Waals surface area contributed by atoms with Crippen molar-refractivity contribution in [2.75, 3.05) is 19.5 Å². The highest BCUT2D eigenvalue weighted by Crippen LogP contribution is 2.37. The molecule has 3 aromatic carbocycles. The summed E-state index contributed by atoms with van der Waals surface area (Å²) in [5.74, 6) is 1.52. The second-order valence-corrected chi connectivity index (χ2v) is 7.39. The lowest BCUT2D eigenvalue weighted by Crippen LogP contribution is -2.05. The molecular weight excluding hydrogens is 386 g/mol. The van der Waals surface area contributed by atoms with Crippen LogP contribution in [0.2, 0.25) is 0 Å². The van der Waals surface area contributed by atoms with Gasteiger partial charge in [0.15, 0.2) is 11.5 Å². The number of anilines is 1. The molecule has 0 fully saturated rings. The fraction of sp³-hybridized carbons (Fsp3) is 0.231. The maximum absolute atomic E-state index is 6.07. The Morgan fingerprint density at radius 2 is 1.71 bits per heavy atom. The average Bonchev–Trinajstić information content (AvgIpc) is 2.83. The third kappa shape index (κ3) is 4.45. The minimum atomic E-state index is 0.164. The Morgan fingerprint density at radius 3 is 2.39 bits per heavy atom. The molecule has 31 heavy (non-hydrogen) atoms. The molecule has 0 bridgehead atoms. The van der Waals surface area contributed by atoms with Gasteiger partial charge in [-0.2, -0.15) is 0 Å². The lowest BCUT2D eigenvalue weighted by Gasteiger charge is -2.18. The molecule has 0 amide bonds. The Morgan fingerprint density at radius 1 is 0.935 bits per heavy atom. The Kier molecular flexibility index (Phi) is 6.32. The highest BCUT2D eigenvalue weighted by atomic mass is 16.5. The number of nitrogens with zero attached hydrogens (tertiary/aromatic N) is 2. The van der Waals surface area contributed by atoms with Crippen molar-refractivity contribution in [3.05, 3.63) is 89.9 Å². The minimum absolute atomic E-state index is 0.164. The number of rotatable bonds is 8. The van der Waals surface area contributed by atoms with Crippen LogP contribution >= 0.6 is 0 Å². The Labute approximate surface area is 183 Å². The summed E-state index contributed by atoms with van der Waals surface area (Å²) in [5.41, 5.74) is 5.26. The highest BCUT2D eigenvalue weighted by molar-refractivity contribution is 5.85. The molecule has 4 aromatic rings. The van der Waals surface area contributed by atoms with Crippen LogP contribution in [0.25, 0.3) is 10.9 Å². The summed E-state index contributed by atoms with van der Waals surface area (Å²) < 4.78 is 11.7. The van der Waals surface area contributed by atoms with Crippen molar-refractivity contribution in [3.8, 4) is 11.5 Å². The Balaban J connectivity index is 1.71. The molecule has 5 heteroatoms. The quantitative estimate of drug-likeness (QED) is 0.396. The van der Waals surface area contributed by atoms with E-state index in [2.05, 4.69) is 46.5 Å². The molecule has 5 nitrogen and oxygen atoms in total. The number of fused-ring (bicyclic) bond motifs is 1. The van der Waals surface area contributed by atoms with Gasteiger partial charge in [-0.05, 0) is 35.7 Å². The molecule has 4 rings (SSSR count). The first-order chi connectivity index (χ1) is 15.2. The van der Waals surface area contributed by atoms with Crippen LogP contribution in [0, 0.1) is 0 Å². The molecule has 1 unspecified atom stereocenters. The largest absolute Gasteiger partial charge is 0.493 e. The Bertz CT molecular complexity index is 1140. The van der Waals surface area contributed by atoms with Gasteiger partial charge >= 0.3 is 0 Å². The number of benzene rings is 3. The number of aromatic nitrogens is 2. The van der Waals surface area contributed by atoms with Crippen LogP contribution in [0.3, 0.4) is 0 Å². The molecule has 1 atom stereocenters. The maximum Gasteiger partial charge on any atom is 0.163 e. The summed E-state index contributed by atoms with van der Waals surface area (Å²) in [5, 5.41) is 4.15. The van der Waals surface area contributed by atoms with E-state index in [-0.39, 0.29) is 5.92 Å². The number of methoxy groups -OCH3 is 1. The second kappa shape index (κ2) is 9.47. The third-order valence-electron chi connectivity index (χ3n) is 5.53. The molecule has 158 valence electrons. The Hall–Kier alpha value is -3.60. The maximum atomic E-state index is 6.07.